The summed E-state index contributed by atoms with van der Waals surface area (Å²) in [6, 6.07) is 12.7. The number of nitrogens with one attached hydrogen (secondary N) is 2. The number of aromatic amines is 2. The Labute approximate surface area is 180 Å². The van der Waals surface area contributed by atoms with Crippen molar-refractivity contribution in [2.24, 2.45) is 0 Å². The number of hydrogen-bond donors (Lipinski definition) is 2. The molecule has 0 saturated heterocycles. The molecule has 0 spiro atoms. The Kier molecular flexibility index (Phi) is 4.55. The Morgan fingerprint density at radius 2 is 1.81 bits per heavy atom. The second-order valence-corrected chi connectivity index (χ2v) is 7.93. The molecule has 0 aliphatic heterocycles. The lowest BCUT2D eigenvalue weighted by Crippen LogP contribution is -2.24. The van der Waals surface area contributed by atoms with Crippen molar-refractivity contribution in [1.29, 1.82) is 0 Å². The average molecular weight is 437 g/mol. The number of H-pyrrole nitrogens is 2. The number of pyridine rings is 1. The van der Waals surface area contributed by atoms with Crippen LogP contribution >= 0.6 is 11.6 Å². The molecule has 3 aromatic heterocycles. The highest BCUT2D eigenvalue weighted by Crippen LogP contribution is 2.23. The molecule has 0 atom stereocenters. The summed E-state index contributed by atoms with van der Waals surface area (Å²) in [5.74, 6) is -0.387. The fraction of sp³-hybridized carbons (Fsp3) is 0.130. The average Bonchev–Trinajstić information content (AvgIpc) is 3.29. The molecule has 156 valence electrons. The summed E-state index contributed by atoms with van der Waals surface area (Å²) in [5.41, 5.74) is 3.07. The molecule has 2 N–H and O–H groups in total. The van der Waals surface area contributed by atoms with Crippen LogP contribution in [0.5, 0.6) is 0 Å². The Bertz CT molecular complexity index is 1560. The second kappa shape index (κ2) is 7.28. The molecule has 0 amide bonds. The Morgan fingerprint density at radius 1 is 1.03 bits per heavy atom. The maximum atomic E-state index is 13.2. The maximum absolute atomic E-state index is 13.2. The lowest BCUT2D eigenvalue weighted by Gasteiger charge is -2.10. The summed E-state index contributed by atoms with van der Waals surface area (Å²) in [6.07, 6.45) is 2.51. The fourth-order valence-electron chi connectivity index (χ4n) is 4.05. The van der Waals surface area contributed by atoms with Gasteiger partial charge in [-0.05, 0) is 61.4 Å². The molecule has 31 heavy (non-hydrogen) atoms. The summed E-state index contributed by atoms with van der Waals surface area (Å²) >= 11 is 6.13. The van der Waals surface area contributed by atoms with E-state index in [1.165, 1.54) is 35.0 Å². The maximum Gasteiger partial charge on any atom is 0.280 e. The first-order valence-electron chi connectivity index (χ1n) is 9.79. The van der Waals surface area contributed by atoms with E-state index in [4.69, 9.17) is 11.6 Å². The molecular formula is C23H18ClFN4O2. The zero-order valence-electron chi connectivity index (χ0n) is 16.6. The number of aryl methyl sites for hydroxylation is 2. The number of halogens is 2. The highest BCUT2D eigenvalue weighted by Gasteiger charge is 2.16. The molecule has 0 aliphatic carbocycles. The number of aromatic nitrogens is 4. The summed E-state index contributed by atoms with van der Waals surface area (Å²) in [7, 11) is 0. The van der Waals surface area contributed by atoms with Crippen molar-refractivity contribution in [3.8, 4) is 5.69 Å². The predicted molar refractivity (Wildman–Crippen MR) is 120 cm³/mol. The first kappa shape index (κ1) is 19.4. The number of hydrogen-bond acceptors (Lipinski definition) is 2. The molecule has 0 fully saturated rings. The van der Waals surface area contributed by atoms with Gasteiger partial charge in [0.15, 0.2) is 0 Å². The predicted octanol–water partition coefficient (Wildman–Crippen LogP) is 4.31. The van der Waals surface area contributed by atoms with Gasteiger partial charge in [0.25, 0.3) is 11.1 Å². The summed E-state index contributed by atoms with van der Waals surface area (Å²) in [5, 5.41) is 5.06. The van der Waals surface area contributed by atoms with Crippen molar-refractivity contribution in [2.45, 2.75) is 19.9 Å². The third-order valence-corrected chi connectivity index (χ3v) is 5.87. The molecule has 0 aliphatic rings. The van der Waals surface area contributed by atoms with Gasteiger partial charge in [-0.1, -0.05) is 11.6 Å². The van der Waals surface area contributed by atoms with Gasteiger partial charge in [-0.2, -0.15) is 0 Å². The van der Waals surface area contributed by atoms with Crippen LogP contribution in [-0.2, 0) is 13.0 Å². The van der Waals surface area contributed by atoms with Crippen LogP contribution in [0.2, 0.25) is 5.02 Å². The van der Waals surface area contributed by atoms with E-state index in [1.54, 1.807) is 11.5 Å². The minimum absolute atomic E-state index is 0.199. The smallest absolute Gasteiger partial charge is 0.280 e. The molecule has 0 unspecified atom stereocenters. The molecule has 0 saturated carbocycles. The third-order valence-electron chi connectivity index (χ3n) is 5.64. The van der Waals surface area contributed by atoms with E-state index in [-0.39, 0.29) is 16.9 Å². The Morgan fingerprint density at radius 3 is 2.58 bits per heavy atom. The quantitative estimate of drug-likeness (QED) is 0.440. The first-order valence-corrected chi connectivity index (χ1v) is 10.2. The van der Waals surface area contributed by atoms with Gasteiger partial charge >= 0.3 is 0 Å². The topological polar surface area (TPSA) is 75.6 Å². The van der Waals surface area contributed by atoms with E-state index >= 15 is 0 Å². The van der Waals surface area contributed by atoms with Gasteiger partial charge in [-0.15, -0.1) is 0 Å². The van der Waals surface area contributed by atoms with Crippen molar-refractivity contribution < 1.29 is 4.39 Å². The van der Waals surface area contributed by atoms with E-state index in [2.05, 4.69) is 10.1 Å². The second-order valence-electron chi connectivity index (χ2n) is 7.49. The van der Waals surface area contributed by atoms with Crippen LogP contribution in [0.1, 0.15) is 11.3 Å². The third kappa shape index (κ3) is 3.27. The van der Waals surface area contributed by atoms with Gasteiger partial charge in [0, 0.05) is 40.4 Å². The van der Waals surface area contributed by atoms with Gasteiger partial charge in [-0.3, -0.25) is 14.7 Å². The normalized spacial score (nSPS) is 11.6. The Hall–Kier alpha value is -3.58. The molecule has 3 heterocycles. The monoisotopic (exact) mass is 436 g/mol. The van der Waals surface area contributed by atoms with E-state index in [0.717, 1.165) is 16.5 Å². The Balaban J connectivity index is 1.55. The molecule has 6 nitrogen and oxygen atoms in total. The highest BCUT2D eigenvalue weighted by atomic mass is 35.5. The van der Waals surface area contributed by atoms with Gasteiger partial charge < -0.3 is 9.55 Å². The molecule has 5 rings (SSSR count). The lowest BCUT2D eigenvalue weighted by atomic mass is 10.1. The van der Waals surface area contributed by atoms with Gasteiger partial charge in [-0.25, -0.2) is 9.07 Å². The minimum Gasteiger partial charge on any atom is -0.361 e. The van der Waals surface area contributed by atoms with Crippen molar-refractivity contribution in [3.63, 3.8) is 0 Å². The van der Waals surface area contributed by atoms with Crippen molar-refractivity contribution in [2.75, 3.05) is 0 Å². The van der Waals surface area contributed by atoms with Crippen LogP contribution in [0.25, 0.3) is 27.5 Å². The number of rotatable bonds is 4. The number of fused-ring (bicyclic) bond motifs is 2. The van der Waals surface area contributed by atoms with E-state index in [0.29, 0.717) is 40.3 Å². The molecule has 2 aromatic carbocycles. The molecular weight excluding hydrogens is 419 g/mol. The van der Waals surface area contributed by atoms with Crippen LogP contribution in [0, 0.1) is 12.7 Å². The molecule has 0 bridgehead atoms. The van der Waals surface area contributed by atoms with E-state index in [1.807, 2.05) is 24.4 Å². The first-order chi connectivity index (χ1) is 14.9. The standard InChI is InChI=1S/C23H18ClFN4O2/c1-13-22-20(27-29(23(22)31)17-5-3-16(25)4-6-17)11-21(30)28(13)9-8-14-12-26-19-7-2-15(24)10-18(14)19/h2-7,10-12,26-27H,8-9H2,1H3. The largest absolute Gasteiger partial charge is 0.361 e. The van der Waals surface area contributed by atoms with Gasteiger partial charge in [0.2, 0.25) is 0 Å². The van der Waals surface area contributed by atoms with E-state index in [9.17, 15) is 14.0 Å². The number of benzene rings is 2. The van der Waals surface area contributed by atoms with Crippen LogP contribution in [0.15, 0.2) is 64.3 Å². The van der Waals surface area contributed by atoms with Gasteiger partial charge in [0.05, 0.1) is 16.6 Å². The highest BCUT2D eigenvalue weighted by molar-refractivity contribution is 6.31. The van der Waals surface area contributed by atoms with E-state index < -0.39 is 0 Å². The number of nitrogens with zero attached hydrogens (tertiary/aromatic N) is 2. The molecule has 0 radical (unpaired) electrons. The zero-order valence-corrected chi connectivity index (χ0v) is 17.3. The van der Waals surface area contributed by atoms with Crippen molar-refractivity contribution in [1.82, 2.24) is 19.3 Å². The minimum atomic E-state index is -0.387. The summed E-state index contributed by atoms with van der Waals surface area (Å²) < 4.78 is 16.2. The van der Waals surface area contributed by atoms with Crippen LogP contribution in [0.4, 0.5) is 4.39 Å². The lowest BCUT2D eigenvalue weighted by molar-refractivity contribution is 0.627. The summed E-state index contributed by atoms with van der Waals surface area (Å²) in [6.45, 7) is 2.18. The molecule has 8 heteroatoms. The molecule has 5 aromatic rings. The van der Waals surface area contributed by atoms with Crippen LogP contribution in [0.3, 0.4) is 0 Å². The SMILES string of the molecule is Cc1c2c(=O)n(-c3ccc(F)cc3)[nH]c2cc(=O)n1CCc1c[nH]c2ccc(Cl)cc12. The van der Waals surface area contributed by atoms with Crippen LogP contribution < -0.4 is 11.1 Å². The van der Waals surface area contributed by atoms with Crippen molar-refractivity contribution in [3.05, 3.63) is 97.5 Å². The van der Waals surface area contributed by atoms with Crippen molar-refractivity contribution >= 4 is 33.4 Å². The van der Waals surface area contributed by atoms with Crippen LogP contribution in [-0.4, -0.2) is 19.3 Å². The fourth-order valence-corrected chi connectivity index (χ4v) is 4.22. The zero-order chi connectivity index (χ0) is 21.7. The van der Waals surface area contributed by atoms with Gasteiger partial charge in [0.1, 0.15) is 5.82 Å². The summed E-state index contributed by atoms with van der Waals surface area (Å²) in [4.78, 5) is 29.0.